The molecule has 0 saturated heterocycles. The minimum absolute atomic E-state index is 0.190. The summed E-state index contributed by atoms with van der Waals surface area (Å²) in [5, 5.41) is 11.8. The van der Waals surface area contributed by atoms with Gasteiger partial charge in [0.2, 0.25) is 0 Å². The van der Waals surface area contributed by atoms with E-state index in [1.54, 1.807) is 27.7 Å². The second-order valence-corrected chi connectivity index (χ2v) is 5.49. The van der Waals surface area contributed by atoms with Crippen LogP contribution in [0.2, 0.25) is 0 Å². The molecule has 0 radical (unpaired) electrons. The molecule has 1 aromatic carbocycles. The molecule has 0 aliphatic rings. The van der Waals surface area contributed by atoms with Crippen LogP contribution in [-0.4, -0.2) is 22.9 Å². The van der Waals surface area contributed by atoms with Gasteiger partial charge in [-0.25, -0.2) is 9.18 Å². The topological polar surface area (TPSA) is 58.6 Å². The summed E-state index contributed by atoms with van der Waals surface area (Å²) in [5.74, 6) is -0.407. The number of hydrogen-bond acceptors (Lipinski definition) is 3. The normalized spacial score (nSPS) is 12.9. The van der Waals surface area contributed by atoms with Crippen LogP contribution < -0.4 is 5.32 Å². The highest BCUT2D eigenvalue weighted by atomic mass is 19.1. The summed E-state index contributed by atoms with van der Waals surface area (Å²) in [6.45, 7) is 6.86. The maximum Gasteiger partial charge on any atom is 0.412 e. The Morgan fingerprint density at radius 3 is 2.63 bits per heavy atom. The van der Waals surface area contributed by atoms with E-state index in [0.29, 0.717) is 11.3 Å². The summed E-state index contributed by atoms with van der Waals surface area (Å²) in [5.41, 5.74) is 0.196. The zero-order chi connectivity index (χ0) is 14.6. The van der Waals surface area contributed by atoms with Crippen LogP contribution in [0.15, 0.2) is 18.2 Å². The summed E-state index contributed by atoms with van der Waals surface area (Å²) < 4.78 is 18.6. The van der Waals surface area contributed by atoms with Crippen molar-refractivity contribution in [2.24, 2.45) is 0 Å². The van der Waals surface area contributed by atoms with Gasteiger partial charge in [0.05, 0.1) is 6.10 Å². The van der Waals surface area contributed by atoms with E-state index in [2.05, 4.69) is 5.32 Å². The number of amides is 1. The number of nitrogens with one attached hydrogen (secondary N) is 1. The van der Waals surface area contributed by atoms with Gasteiger partial charge < -0.3 is 9.84 Å². The average molecular weight is 269 g/mol. The van der Waals surface area contributed by atoms with E-state index < -0.39 is 23.6 Å². The molecule has 1 rings (SSSR count). The van der Waals surface area contributed by atoms with E-state index in [1.807, 2.05) is 0 Å². The van der Waals surface area contributed by atoms with Gasteiger partial charge in [0.25, 0.3) is 0 Å². The Hall–Kier alpha value is -1.62. The summed E-state index contributed by atoms with van der Waals surface area (Å²) in [6.07, 6.45) is -1.05. The maximum atomic E-state index is 13.5. The summed E-state index contributed by atoms with van der Waals surface area (Å²) in [6, 6.07) is 4.20. The molecule has 0 aliphatic carbocycles. The van der Waals surface area contributed by atoms with E-state index in [-0.39, 0.29) is 6.42 Å². The number of halogens is 1. The SMILES string of the molecule is C[C@H](O)Cc1cc(NC(=O)OC(C)(C)C)ccc1F. The molecule has 0 heterocycles. The second kappa shape index (κ2) is 6.02. The van der Waals surface area contributed by atoms with Crippen molar-refractivity contribution < 1.29 is 19.0 Å². The Balaban J connectivity index is 2.77. The van der Waals surface area contributed by atoms with Gasteiger partial charge in [-0.15, -0.1) is 0 Å². The number of aliphatic hydroxyl groups excluding tert-OH is 1. The van der Waals surface area contributed by atoms with Crippen molar-refractivity contribution in [1.29, 1.82) is 0 Å². The van der Waals surface area contributed by atoms with Crippen molar-refractivity contribution in [3.05, 3.63) is 29.6 Å². The van der Waals surface area contributed by atoms with Gasteiger partial charge in [-0.1, -0.05) is 0 Å². The summed E-state index contributed by atoms with van der Waals surface area (Å²) in [4.78, 5) is 11.6. The van der Waals surface area contributed by atoms with Gasteiger partial charge in [0.15, 0.2) is 0 Å². The largest absolute Gasteiger partial charge is 0.444 e. The minimum atomic E-state index is -0.647. The third-order valence-electron chi connectivity index (χ3n) is 2.21. The van der Waals surface area contributed by atoms with Crippen LogP contribution in [0.3, 0.4) is 0 Å². The molecule has 19 heavy (non-hydrogen) atoms. The van der Waals surface area contributed by atoms with Crippen LogP contribution in [-0.2, 0) is 11.2 Å². The van der Waals surface area contributed by atoms with E-state index in [9.17, 15) is 14.3 Å². The molecule has 1 amide bonds. The van der Waals surface area contributed by atoms with Crippen LogP contribution in [0.5, 0.6) is 0 Å². The monoisotopic (exact) mass is 269 g/mol. The molecular formula is C14H20FNO3. The molecular weight excluding hydrogens is 249 g/mol. The Morgan fingerprint density at radius 1 is 1.47 bits per heavy atom. The maximum absolute atomic E-state index is 13.5. The molecule has 0 aromatic heterocycles. The van der Waals surface area contributed by atoms with E-state index in [1.165, 1.54) is 18.2 Å². The van der Waals surface area contributed by atoms with Crippen molar-refractivity contribution in [1.82, 2.24) is 0 Å². The van der Waals surface area contributed by atoms with Gasteiger partial charge in [-0.3, -0.25) is 5.32 Å². The first-order valence-corrected chi connectivity index (χ1v) is 6.14. The molecule has 1 aromatic rings. The number of benzene rings is 1. The molecule has 0 spiro atoms. The van der Waals surface area contributed by atoms with E-state index >= 15 is 0 Å². The molecule has 0 unspecified atom stereocenters. The minimum Gasteiger partial charge on any atom is -0.444 e. The molecule has 5 heteroatoms. The van der Waals surface area contributed by atoms with Gasteiger partial charge in [0, 0.05) is 12.1 Å². The van der Waals surface area contributed by atoms with Gasteiger partial charge >= 0.3 is 6.09 Å². The van der Waals surface area contributed by atoms with Crippen molar-refractivity contribution >= 4 is 11.8 Å². The lowest BCUT2D eigenvalue weighted by Gasteiger charge is -2.20. The predicted octanol–water partition coefficient (Wildman–Crippen LogP) is 3.10. The number of carbonyl (C=O) groups excluding carboxylic acids is 1. The van der Waals surface area contributed by atoms with Gasteiger partial charge in [0.1, 0.15) is 11.4 Å². The van der Waals surface area contributed by atoms with Gasteiger partial charge in [-0.05, 0) is 51.5 Å². The van der Waals surface area contributed by atoms with Crippen LogP contribution in [0.1, 0.15) is 33.3 Å². The standard InChI is InChI=1S/C14H20FNO3/c1-9(17)7-10-8-11(5-6-12(10)15)16-13(18)19-14(2,3)4/h5-6,8-9,17H,7H2,1-4H3,(H,16,18)/t9-/m0/s1. The fraction of sp³-hybridized carbons (Fsp3) is 0.500. The third-order valence-corrected chi connectivity index (χ3v) is 2.21. The molecule has 0 saturated carbocycles. The van der Waals surface area contributed by atoms with Crippen LogP contribution in [0.4, 0.5) is 14.9 Å². The Bertz CT molecular complexity index is 452. The molecule has 0 aliphatic heterocycles. The van der Waals surface area contributed by atoms with Crippen molar-refractivity contribution in [2.45, 2.75) is 45.8 Å². The van der Waals surface area contributed by atoms with Gasteiger partial charge in [-0.2, -0.15) is 0 Å². The van der Waals surface area contributed by atoms with Crippen molar-refractivity contribution in [3.63, 3.8) is 0 Å². The smallest absolute Gasteiger partial charge is 0.412 e. The Morgan fingerprint density at radius 2 is 2.11 bits per heavy atom. The van der Waals surface area contributed by atoms with Crippen LogP contribution >= 0.6 is 0 Å². The number of rotatable bonds is 3. The van der Waals surface area contributed by atoms with Crippen molar-refractivity contribution in [2.75, 3.05) is 5.32 Å². The molecule has 0 fully saturated rings. The van der Waals surface area contributed by atoms with Crippen LogP contribution in [0, 0.1) is 5.82 Å². The molecule has 1 atom stereocenters. The lowest BCUT2D eigenvalue weighted by atomic mass is 10.1. The molecule has 106 valence electrons. The number of ether oxygens (including phenoxy) is 1. The first-order chi connectivity index (χ1) is 8.67. The number of hydrogen-bond donors (Lipinski definition) is 2. The second-order valence-electron chi connectivity index (χ2n) is 5.49. The average Bonchev–Trinajstić information content (AvgIpc) is 2.19. The van der Waals surface area contributed by atoms with E-state index in [4.69, 9.17) is 4.74 Å². The lowest BCUT2D eigenvalue weighted by molar-refractivity contribution is 0.0636. The molecule has 4 nitrogen and oxygen atoms in total. The first kappa shape index (κ1) is 15.4. The number of anilines is 1. The predicted molar refractivity (Wildman–Crippen MR) is 71.6 cm³/mol. The fourth-order valence-corrected chi connectivity index (χ4v) is 1.55. The summed E-state index contributed by atoms with van der Waals surface area (Å²) in [7, 11) is 0. The highest BCUT2D eigenvalue weighted by Gasteiger charge is 2.16. The fourth-order valence-electron chi connectivity index (χ4n) is 1.55. The quantitative estimate of drug-likeness (QED) is 0.886. The zero-order valence-corrected chi connectivity index (χ0v) is 11.7. The number of carbonyl (C=O) groups is 1. The van der Waals surface area contributed by atoms with E-state index in [0.717, 1.165) is 0 Å². The number of aliphatic hydroxyl groups is 1. The lowest BCUT2D eigenvalue weighted by Crippen LogP contribution is -2.27. The highest BCUT2D eigenvalue weighted by molar-refractivity contribution is 5.84. The van der Waals surface area contributed by atoms with Crippen LogP contribution in [0.25, 0.3) is 0 Å². The zero-order valence-electron chi connectivity index (χ0n) is 11.7. The van der Waals surface area contributed by atoms with Crippen molar-refractivity contribution in [3.8, 4) is 0 Å². The third kappa shape index (κ3) is 5.70. The summed E-state index contributed by atoms with van der Waals surface area (Å²) >= 11 is 0. The Labute approximate surface area is 112 Å². The molecule has 2 N–H and O–H groups in total. The first-order valence-electron chi connectivity index (χ1n) is 6.14. The molecule has 0 bridgehead atoms. The highest BCUT2D eigenvalue weighted by Crippen LogP contribution is 2.17. The Kier molecular flexibility index (Phi) is 4.89.